The topological polar surface area (TPSA) is 48.0 Å². The lowest BCUT2D eigenvalue weighted by Crippen LogP contribution is -2.26. The molecule has 5 heteroatoms. The molecule has 0 unspecified atom stereocenters. The molecule has 1 heterocycles. The predicted molar refractivity (Wildman–Crippen MR) is 92.8 cm³/mol. The summed E-state index contributed by atoms with van der Waals surface area (Å²) in [4.78, 5) is 13.9. The van der Waals surface area contributed by atoms with E-state index in [1.807, 2.05) is 32.2 Å². The van der Waals surface area contributed by atoms with E-state index < -0.39 is 0 Å². The highest BCUT2D eigenvalue weighted by Crippen LogP contribution is 2.36. The van der Waals surface area contributed by atoms with E-state index in [0.29, 0.717) is 6.42 Å². The van der Waals surface area contributed by atoms with Crippen LogP contribution >= 0.6 is 0 Å². The summed E-state index contributed by atoms with van der Waals surface area (Å²) in [6.07, 6.45) is 3.34. The van der Waals surface area contributed by atoms with Gasteiger partial charge < -0.3 is 19.1 Å². The van der Waals surface area contributed by atoms with Crippen LogP contribution in [0.1, 0.15) is 32.6 Å². The quantitative estimate of drug-likeness (QED) is 0.828. The summed E-state index contributed by atoms with van der Waals surface area (Å²) in [6.45, 7) is 3.38. The first-order chi connectivity index (χ1) is 11.6. The first-order valence-electron chi connectivity index (χ1n) is 8.49. The SMILES string of the molecule is COc1ccc(N(C)C2=C(C)C(=O)CC2)cc1OC1CCOCC1. The minimum atomic E-state index is 0.155. The number of ether oxygens (including phenoxy) is 3. The zero-order chi connectivity index (χ0) is 17.1. The predicted octanol–water partition coefficient (Wildman–Crippen LogP) is 3.33. The van der Waals surface area contributed by atoms with E-state index in [1.165, 1.54) is 0 Å². The zero-order valence-electron chi connectivity index (χ0n) is 14.6. The molecule has 0 bridgehead atoms. The van der Waals surface area contributed by atoms with Gasteiger partial charge in [0.05, 0.1) is 20.3 Å². The molecule has 0 radical (unpaired) electrons. The highest BCUT2D eigenvalue weighted by Gasteiger charge is 2.24. The molecule has 0 amide bonds. The van der Waals surface area contributed by atoms with Crippen molar-refractivity contribution in [2.24, 2.45) is 0 Å². The highest BCUT2D eigenvalue weighted by molar-refractivity contribution is 5.98. The van der Waals surface area contributed by atoms with E-state index in [9.17, 15) is 4.79 Å². The second-order valence-corrected chi connectivity index (χ2v) is 6.32. The van der Waals surface area contributed by atoms with Crippen molar-refractivity contribution in [3.63, 3.8) is 0 Å². The van der Waals surface area contributed by atoms with Crippen molar-refractivity contribution >= 4 is 11.5 Å². The van der Waals surface area contributed by atoms with Crippen molar-refractivity contribution in [2.75, 3.05) is 32.3 Å². The summed E-state index contributed by atoms with van der Waals surface area (Å²) < 4.78 is 17.0. The number of carbonyl (C=O) groups excluding carboxylic acids is 1. The standard InChI is InChI=1S/C19H25NO4/c1-13-16(5-6-17(13)21)20(2)14-4-7-18(22-3)19(12-14)24-15-8-10-23-11-9-15/h4,7,12,15H,5-6,8-11H2,1-3H3. The van der Waals surface area contributed by atoms with Crippen LogP contribution in [-0.4, -0.2) is 39.3 Å². The van der Waals surface area contributed by atoms with Crippen LogP contribution < -0.4 is 14.4 Å². The molecule has 0 N–H and O–H groups in total. The van der Waals surface area contributed by atoms with Crippen LogP contribution in [0.25, 0.3) is 0 Å². The maximum absolute atomic E-state index is 11.8. The molecule has 24 heavy (non-hydrogen) atoms. The number of carbonyl (C=O) groups is 1. The number of nitrogens with zero attached hydrogens (tertiary/aromatic N) is 1. The maximum atomic E-state index is 11.8. The molecule has 2 aliphatic rings. The fourth-order valence-electron chi connectivity index (χ4n) is 3.28. The average Bonchev–Trinajstić information content (AvgIpc) is 2.94. The molecule has 5 nitrogen and oxygen atoms in total. The van der Waals surface area contributed by atoms with Crippen molar-refractivity contribution in [3.8, 4) is 11.5 Å². The van der Waals surface area contributed by atoms with Gasteiger partial charge in [-0.2, -0.15) is 0 Å². The lowest BCUT2D eigenvalue weighted by molar-refractivity contribution is -0.114. The number of allylic oxidation sites excluding steroid dienone is 2. The summed E-state index contributed by atoms with van der Waals surface area (Å²) in [6, 6.07) is 5.92. The van der Waals surface area contributed by atoms with Crippen LogP contribution in [0.15, 0.2) is 29.5 Å². The number of hydrogen-bond acceptors (Lipinski definition) is 5. The summed E-state index contributed by atoms with van der Waals surface area (Å²) in [5, 5.41) is 0. The van der Waals surface area contributed by atoms with Crippen LogP contribution in [0.5, 0.6) is 11.5 Å². The van der Waals surface area contributed by atoms with Gasteiger partial charge in [-0.25, -0.2) is 0 Å². The monoisotopic (exact) mass is 331 g/mol. The van der Waals surface area contributed by atoms with Crippen molar-refractivity contribution in [1.82, 2.24) is 0 Å². The van der Waals surface area contributed by atoms with Crippen molar-refractivity contribution in [1.29, 1.82) is 0 Å². The molecular weight excluding hydrogens is 306 g/mol. The van der Waals surface area contributed by atoms with Gasteiger partial charge in [0.25, 0.3) is 0 Å². The smallest absolute Gasteiger partial charge is 0.163 e. The number of ketones is 1. The molecule has 0 atom stereocenters. The Hall–Kier alpha value is -2.01. The minimum absolute atomic E-state index is 0.155. The Balaban J connectivity index is 1.84. The molecule has 3 rings (SSSR count). The lowest BCUT2D eigenvalue weighted by atomic mass is 10.1. The Morgan fingerprint density at radius 3 is 2.54 bits per heavy atom. The van der Waals surface area contributed by atoms with Gasteiger partial charge in [0.15, 0.2) is 17.3 Å². The van der Waals surface area contributed by atoms with E-state index in [2.05, 4.69) is 4.90 Å². The molecular formula is C19H25NO4. The van der Waals surface area contributed by atoms with Crippen molar-refractivity contribution < 1.29 is 19.0 Å². The number of benzene rings is 1. The minimum Gasteiger partial charge on any atom is -0.493 e. The van der Waals surface area contributed by atoms with Crippen LogP contribution in [-0.2, 0) is 9.53 Å². The normalized spacial score (nSPS) is 18.9. The molecule has 0 saturated carbocycles. The number of anilines is 1. The summed E-state index contributed by atoms with van der Waals surface area (Å²) >= 11 is 0. The molecule has 0 aromatic heterocycles. The van der Waals surface area contributed by atoms with Crippen molar-refractivity contribution in [3.05, 3.63) is 29.5 Å². The molecule has 1 fully saturated rings. The second-order valence-electron chi connectivity index (χ2n) is 6.32. The van der Waals surface area contributed by atoms with Crippen LogP contribution in [0.2, 0.25) is 0 Å². The molecule has 1 saturated heterocycles. The molecule has 1 aliphatic heterocycles. The number of methoxy groups -OCH3 is 1. The maximum Gasteiger partial charge on any atom is 0.163 e. The Labute approximate surface area is 143 Å². The van der Waals surface area contributed by atoms with Gasteiger partial charge in [0.1, 0.15) is 6.10 Å². The van der Waals surface area contributed by atoms with E-state index in [0.717, 1.165) is 60.9 Å². The van der Waals surface area contributed by atoms with Crippen LogP contribution in [0, 0.1) is 0 Å². The van der Waals surface area contributed by atoms with Crippen LogP contribution in [0.4, 0.5) is 5.69 Å². The summed E-state index contributed by atoms with van der Waals surface area (Å²) in [5.41, 5.74) is 2.95. The molecule has 1 aromatic rings. The Kier molecular flexibility index (Phi) is 5.09. The summed E-state index contributed by atoms with van der Waals surface area (Å²) in [7, 11) is 3.65. The van der Waals surface area contributed by atoms with E-state index in [4.69, 9.17) is 14.2 Å². The van der Waals surface area contributed by atoms with Gasteiger partial charge in [0, 0.05) is 49.3 Å². The third-order valence-electron chi connectivity index (χ3n) is 4.84. The van der Waals surface area contributed by atoms with Crippen molar-refractivity contribution in [2.45, 2.75) is 38.7 Å². The van der Waals surface area contributed by atoms with E-state index in [-0.39, 0.29) is 11.9 Å². The van der Waals surface area contributed by atoms with Gasteiger partial charge >= 0.3 is 0 Å². The van der Waals surface area contributed by atoms with Gasteiger partial charge in [-0.1, -0.05) is 0 Å². The third kappa shape index (κ3) is 3.41. The number of Topliss-reactive ketones (excluding diaryl/α,β-unsaturated/α-hetero) is 1. The fraction of sp³-hybridized carbons (Fsp3) is 0.526. The first kappa shape index (κ1) is 16.8. The van der Waals surface area contributed by atoms with Gasteiger partial charge in [-0.3, -0.25) is 4.79 Å². The van der Waals surface area contributed by atoms with E-state index >= 15 is 0 Å². The molecule has 0 spiro atoms. The van der Waals surface area contributed by atoms with Gasteiger partial charge in [0.2, 0.25) is 0 Å². The molecule has 1 aliphatic carbocycles. The Bertz CT molecular complexity index is 647. The highest BCUT2D eigenvalue weighted by atomic mass is 16.5. The Morgan fingerprint density at radius 1 is 1.17 bits per heavy atom. The lowest BCUT2D eigenvalue weighted by Gasteiger charge is -2.26. The van der Waals surface area contributed by atoms with Gasteiger partial charge in [-0.15, -0.1) is 0 Å². The van der Waals surface area contributed by atoms with E-state index in [1.54, 1.807) is 7.11 Å². The second kappa shape index (κ2) is 7.26. The number of rotatable bonds is 5. The number of hydrogen-bond donors (Lipinski definition) is 0. The largest absolute Gasteiger partial charge is 0.493 e. The molecule has 130 valence electrons. The van der Waals surface area contributed by atoms with Gasteiger partial charge in [-0.05, 0) is 25.5 Å². The average molecular weight is 331 g/mol. The Morgan fingerprint density at radius 2 is 1.92 bits per heavy atom. The summed E-state index contributed by atoms with van der Waals surface area (Å²) in [5.74, 6) is 1.72. The van der Waals surface area contributed by atoms with Crippen LogP contribution in [0.3, 0.4) is 0 Å². The third-order valence-corrected chi connectivity index (χ3v) is 4.84. The fourth-order valence-corrected chi connectivity index (χ4v) is 3.28. The zero-order valence-corrected chi connectivity index (χ0v) is 14.6. The first-order valence-corrected chi connectivity index (χ1v) is 8.49. The molecule has 1 aromatic carbocycles.